The van der Waals surface area contributed by atoms with Crippen molar-refractivity contribution in [3.05, 3.63) is 40.3 Å². The molecule has 0 aliphatic rings. The van der Waals surface area contributed by atoms with Gasteiger partial charge in [0.1, 0.15) is 22.1 Å². The molecule has 0 aliphatic heterocycles. The van der Waals surface area contributed by atoms with E-state index in [0.29, 0.717) is 11.0 Å². The average molecular weight is 288 g/mol. The lowest BCUT2D eigenvalue weighted by molar-refractivity contribution is 0.0698. The van der Waals surface area contributed by atoms with Gasteiger partial charge in [-0.2, -0.15) is 0 Å². The van der Waals surface area contributed by atoms with Crippen molar-refractivity contribution in [3.8, 4) is 0 Å². The van der Waals surface area contributed by atoms with E-state index in [-0.39, 0.29) is 11.6 Å². The van der Waals surface area contributed by atoms with Crippen LogP contribution in [0.1, 0.15) is 34.8 Å². The highest BCUT2D eigenvalue weighted by Gasteiger charge is 2.22. The smallest absolute Gasteiger partial charge is 0.337 e. The molecule has 0 bridgehead atoms. The van der Waals surface area contributed by atoms with E-state index < -0.39 is 5.97 Å². The summed E-state index contributed by atoms with van der Waals surface area (Å²) in [6, 6.07) is 4.91. The van der Waals surface area contributed by atoms with Crippen molar-refractivity contribution in [3.63, 3.8) is 0 Å². The van der Waals surface area contributed by atoms with Crippen LogP contribution in [0.3, 0.4) is 0 Å². The van der Waals surface area contributed by atoms with Crippen LogP contribution in [-0.4, -0.2) is 31.1 Å². The first kappa shape index (κ1) is 12.7. The average Bonchev–Trinajstić information content (AvgIpc) is 3.09. The molecule has 0 fully saturated rings. The number of para-hydroxylation sites is 1. The number of rotatable bonds is 4. The van der Waals surface area contributed by atoms with Crippen molar-refractivity contribution in [2.24, 2.45) is 0 Å². The maximum Gasteiger partial charge on any atom is 0.337 e. The van der Waals surface area contributed by atoms with E-state index in [1.165, 1.54) is 11.3 Å². The summed E-state index contributed by atoms with van der Waals surface area (Å²) in [5.41, 5.74) is 1.34. The number of carboxylic acid groups (broad SMARTS) is 1. The second kappa shape index (κ2) is 5.01. The number of hydrogen-bond donors (Lipinski definition) is 1. The van der Waals surface area contributed by atoms with Gasteiger partial charge in [-0.1, -0.05) is 18.2 Å². The highest BCUT2D eigenvalue weighted by atomic mass is 32.1. The third kappa shape index (κ3) is 1.96. The summed E-state index contributed by atoms with van der Waals surface area (Å²) in [6.07, 6.45) is 2.50. The van der Waals surface area contributed by atoms with Gasteiger partial charge in [0.05, 0.1) is 5.56 Å². The molecule has 0 radical (unpaired) electrons. The molecular weight excluding hydrogens is 276 g/mol. The summed E-state index contributed by atoms with van der Waals surface area (Å²) in [7, 11) is 0. The Balaban J connectivity index is 2.23. The quantitative estimate of drug-likeness (QED) is 0.798. The fourth-order valence-corrected chi connectivity index (χ4v) is 3.04. The molecule has 0 amide bonds. The zero-order chi connectivity index (χ0) is 14.1. The van der Waals surface area contributed by atoms with Gasteiger partial charge in [-0.3, -0.25) is 0 Å². The van der Waals surface area contributed by atoms with Gasteiger partial charge in [-0.25, -0.2) is 14.5 Å². The summed E-state index contributed by atoms with van der Waals surface area (Å²) in [6.45, 7) is 2.02. The minimum Gasteiger partial charge on any atom is -0.478 e. The Morgan fingerprint density at radius 1 is 1.50 bits per heavy atom. The van der Waals surface area contributed by atoms with Crippen molar-refractivity contribution in [1.82, 2.24) is 20.0 Å². The second-order valence-corrected chi connectivity index (χ2v) is 5.23. The van der Waals surface area contributed by atoms with E-state index in [2.05, 4.69) is 15.3 Å². The first-order valence-corrected chi connectivity index (χ1v) is 7.07. The van der Waals surface area contributed by atoms with Gasteiger partial charge in [0.25, 0.3) is 0 Å². The Morgan fingerprint density at radius 3 is 3.00 bits per heavy atom. The predicted octanol–water partition coefficient (Wildman–Crippen LogP) is 2.59. The van der Waals surface area contributed by atoms with Crippen LogP contribution in [0.25, 0.3) is 11.0 Å². The summed E-state index contributed by atoms with van der Waals surface area (Å²) in [5, 5.41) is 20.3. The highest BCUT2D eigenvalue weighted by molar-refractivity contribution is 7.09. The summed E-state index contributed by atoms with van der Waals surface area (Å²) >= 11 is 1.53. The molecule has 2 aromatic heterocycles. The number of aromatic carboxylic acids is 1. The van der Waals surface area contributed by atoms with Gasteiger partial charge in [0.2, 0.25) is 0 Å². The molecule has 6 nitrogen and oxygen atoms in total. The zero-order valence-corrected chi connectivity index (χ0v) is 11.5. The third-order valence-electron chi connectivity index (χ3n) is 3.14. The number of benzene rings is 1. The third-order valence-corrected chi connectivity index (χ3v) is 4.02. The number of nitrogens with zero attached hydrogens (tertiary/aromatic N) is 4. The van der Waals surface area contributed by atoms with Crippen molar-refractivity contribution in [2.75, 3.05) is 0 Å². The fourth-order valence-electron chi connectivity index (χ4n) is 2.24. The Bertz CT molecular complexity index is 751. The second-order valence-electron chi connectivity index (χ2n) is 4.31. The fraction of sp³-hybridized carbons (Fsp3) is 0.231. The van der Waals surface area contributed by atoms with E-state index in [4.69, 9.17) is 0 Å². The molecule has 1 atom stereocenters. The van der Waals surface area contributed by atoms with Crippen LogP contribution in [0, 0.1) is 0 Å². The van der Waals surface area contributed by atoms with Crippen LogP contribution in [0.2, 0.25) is 0 Å². The zero-order valence-electron chi connectivity index (χ0n) is 10.7. The van der Waals surface area contributed by atoms with Crippen LogP contribution < -0.4 is 0 Å². The molecule has 0 aliphatic carbocycles. The Kier molecular flexibility index (Phi) is 3.19. The summed E-state index contributed by atoms with van der Waals surface area (Å²) in [5.74, 6) is -0.979. The predicted molar refractivity (Wildman–Crippen MR) is 75.0 cm³/mol. The standard InChI is InChI=1S/C13H12N4O2S/c1-2-10(12-14-6-7-20-12)17-11-8(13(18)19)4-3-5-9(11)15-16-17/h3-7,10H,2H2,1H3,(H,18,19). The molecule has 20 heavy (non-hydrogen) atoms. The lowest BCUT2D eigenvalue weighted by Gasteiger charge is -2.13. The van der Waals surface area contributed by atoms with E-state index in [0.717, 1.165) is 11.4 Å². The molecule has 7 heteroatoms. The van der Waals surface area contributed by atoms with Crippen LogP contribution >= 0.6 is 11.3 Å². The largest absolute Gasteiger partial charge is 0.478 e. The molecule has 102 valence electrons. The first-order valence-electron chi connectivity index (χ1n) is 6.19. The summed E-state index contributed by atoms with van der Waals surface area (Å²) < 4.78 is 1.66. The Labute approximate surface area is 118 Å². The van der Waals surface area contributed by atoms with E-state index >= 15 is 0 Å². The van der Waals surface area contributed by atoms with E-state index in [9.17, 15) is 9.90 Å². The maximum absolute atomic E-state index is 11.4. The van der Waals surface area contributed by atoms with Gasteiger partial charge in [-0.15, -0.1) is 16.4 Å². The van der Waals surface area contributed by atoms with E-state index in [1.54, 1.807) is 29.1 Å². The molecule has 1 unspecified atom stereocenters. The monoisotopic (exact) mass is 288 g/mol. The number of thiazole rings is 1. The minimum atomic E-state index is -0.979. The Hall–Kier alpha value is -2.28. The van der Waals surface area contributed by atoms with E-state index in [1.807, 2.05) is 12.3 Å². The van der Waals surface area contributed by atoms with Gasteiger partial charge in [-0.05, 0) is 18.6 Å². The van der Waals surface area contributed by atoms with Gasteiger partial charge in [0.15, 0.2) is 0 Å². The summed E-state index contributed by atoms with van der Waals surface area (Å²) in [4.78, 5) is 15.7. The molecule has 3 rings (SSSR count). The number of aromatic nitrogens is 4. The number of carboxylic acids is 1. The lowest BCUT2D eigenvalue weighted by Crippen LogP contribution is -2.13. The molecule has 0 spiro atoms. The van der Waals surface area contributed by atoms with Crippen molar-refractivity contribution in [1.29, 1.82) is 0 Å². The van der Waals surface area contributed by atoms with Crippen molar-refractivity contribution in [2.45, 2.75) is 19.4 Å². The first-order chi connectivity index (χ1) is 9.72. The molecule has 0 saturated carbocycles. The maximum atomic E-state index is 11.4. The molecular formula is C13H12N4O2S. The topological polar surface area (TPSA) is 80.9 Å². The van der Waals surface area contributed by atoms with Gasteiger partial charge >= 0.3 is 5.97 Å². The normalized spacial score (nSPS) is 12.7. The molecule has 3 aromatic rings. The molecule has 1 N–H and O–H groups in total. The van der Waals surface area contributed by atoms with Crippen LogP contribution in [-0.2, 0) is 0 Å². The van der Waals surface area contributed by atoms with Crippen molar-refractivity contribution >= 4 is 28.3 Å². The number of carbonyl (C=O) groups is 1. The Morgan fingerprint density at radius 2 is 2.35 bits per heavy atom. The number of hydrogen-bond acceptors (Lipinski definition) is 5. The molecule has 2 heterocycles. The molecule has 1 aromatic carbocycles. The lowest BCUT2D eigenvalue weighted by atomic mass is 10.1. The van der Waals surface area contributed by atoms with Gasteiger partial charge < -0.3 is 5.11 Å². The van der Waals surface area contributed by atoms with Crippen LogP contribution in [0.5, 0.6) is 0 Å². The minimum absolute atomic E-state index is 0.0968. The van der Waals surface area contributed by atoms with Gasteiger partial charge in [0, 0.05) is 11.6 Å². The van der Waals surface area contributed by atoms with Crippen LogP contribution in [0.4, 0.5) is 0 Å². The SMILES string of the molecule is CCC(c1nccs1)n1nnc2cccc(C(=O)O)c21. The van der Waals surface area contributed by atoms with Crippen LogP contribution in [0.15, 0.2) is 29.8 Å². The molecule has 0 saturated heterocycles. The highest BCUT2D eigenvalue weighted by Crippen LogP contribution is 2.28. The number of fused-ring (bicyclic) bond motifs is 1. The van der Waals surface area contributed by atoms with Crippen molar-refractivity contribution < 1.29 is 9.90 Å².